The summed E-state index contributed by atoms with van der Waals surface area (Å²) in [4.78, 5) is 0. The van der Waals surface area contributed by atoms with E-state index in [4.69, 9.17) is 5.73 Å². The number of rotatable bonds is 3. The molecule has 1 aliphatic rings. The lowest BCUT2D eigenvalue weighted by molar-refractivity contribution is 0.680. The van der Waals surface area contributed by atoms with Crippen molar-refractivity contribution < 1.29 is 0 Å². The van der Waals surface area contributed by atoms with Crippen LogP contribution in [0.25, 0.3) is 0 Å². The Morgan fingerprint density at radius 2 is 2.14 bits per heavy atom. The topological polar surface area (TPSA) is 50.1 Å². The first-order chi connectivity index (χ1) is 6.84. The van der Waals surface area contributed by atoms with E-state index in [9.17, 15) is 0 Å². The van der Waals surface area contributed by atoms with E-state index in [0.29, 0.717) is 5.92 Å². The predicted octanol–water partition coefficient (Wildman–Crippen LogP) is 1.12. The number of hydrogen-bond donors (Lipinski definition) is 3. The van der Waals surface area contributed by atoms with E-state index in [0.717, 1.165) is 24.6 Å². The molecule has 0 aromatic heterocycles. The Morgan fingerprint density at radius 3 is 2.79 bits per heavy atom. The number of para-hydroxylation sites is 1. The molecule has 0 fully saturated rings. The summed E-state index contributed by atoms with van der Waals surface area (Å²) in [5, 5.41) is 6.47. The van der Waals surface area contributed by atoms with Crippen LogP contribution in [0.1, 0.15) is 0 Å². The summed E-state index contributed by atoms with van der Waals surface area (Å²) < 4.78 is 0. The van der Waals surface area contributed by atoms with Crippen LogP contribution in [0, 0.1) is 5.92 Å². The fourth-order valence-corrected chi connectivity index (χ4v) is 1.56. The molecule has 1 aliphatic heterocycles. The minimum Gasteiger partial charge on any atom is -0.386 e. The predicted molar refractivity (Wildman–Crippen MR) is 58.7 cm³/mol. The van der Waals surface area contributed by atoms with Gasteiger partial charge >= 0.3 is 0 Å². The molecule has 14 heavy (non-hydrogen) atoms. The maximum absolute atomic E-state index is 5.62. The van der Waals surface area contributed by atoms with E-state index in [-0.39, 0.29) is 0 Å². The van der Waals surface area contributed by atoms with Crippen LogP contribution in [-0.4, -0.2) is 13.1 Å². The SMILES string of the molecule is NC1=C[C@@H](CNc2ccccc2)CN1. The monoisotopic (exact) mass is 189 g/mol. The van der Waals surface area contributed by atoms with Crippen molar-refractivity contribution in [3.05, 3.63) is 42.2 Å². The largest absolute Gasteiger partial charge is 0.386 e. The molecule has 0 saturated heterocycles. The molecule has 0 radical (unpaired) electrons. The number of hydrogen-bond acceptors (Lipinski definition) is 3. The quantitative estimate of drug-likeness (QED) is 0.668. The van der Waals surface area contributed by atoms with Gasteiger partial charge in [-0.3, -0.25) is 0 Å². The molecular weight excluding hydrogens is 174 g/mol. The first kappa shape index (κ1) is 8.94. The van der Waals surface area contributed by atoms with Crippen molar-refractivity contribution in [1.29, 1.82) is 0 Å². The fraction of sp³-hybridized carbons (Fsp3) is 0.273. The van der Waals surface area contributed by atoms with Crippen LogP contribution in [0.4, 0.5) is 5.69 Å². The Bertz CT molecular complexity index is 319. The summed E-state index contributed by atoms with van der Waals surface area (Å²) in [7, 11) is 0. The molecule has 1 aromatic rings. The second-order valence-corrected chi connectivity index (χ2v) is 3.51. The number of anilines is 1. The Balaban J connectivity index is 1.84. The number of nitrogens with two attached hydrogens (primary N) is 1. The lowest BCUT2D eigenvalue weighted by Crippen LogP contribution is -2.20. The van der Waals surface area contributed by atoms with Gasteiger partial charge in [0.05, 0.1) is 5.82 Å². The highest BCUT2D eigenvalue weighted by atomic mass is 15.0. The van der Waals surface area contributed by atoms with Crippen LogP contribution in [0.2, 0.25) is 0 Å². The van der Waals surface area contributed by atoms with Crippen molar-refractivity contribution in [1.82, 2.24) is 5.32 Å². The maximum atomic E-state index is 5.62. The molecular formula is C11H15N3. The summed E-state index contributed by atoms with van der Waals surface area (Å²) in [6.45, 7) is 1.86. The number of nitrogens with one attached hydrogen (secondary N) is 2. The summed E-state index contributed by atoms with van der Waals surface area (Å²) >= 11 is 0. The van der Waals surface area contributed by atoms with E-state index in [1.165, 1.54) is 0 Å². The van der Waals surface area contributed by atoms with E-state index < -0.39 is 0 Å². The van der Waals surface area contributed by atoms with Gasteiger partial charge < -0.3 is 16.4 Å². The van der Waals surface area contributed by atoms with Crippen LogP contribution in [0.5, 0.6) is 0 Å². The van der Waals surface area contributed by atoms with E-state index in [1.807, 2.05) is 18.2 Å². The second kappa shape index (κ2) is 4.05. The zero-order valence-corrected chi connectivity index (χ0v) is 8.03. The molecule has 2 rings (SSSR count). The van der Waals surface area contributed by atoms with Crippen molar-refractivity contribution in [3.63, 3.8) is 0 Å². The molecule has 0 spiro atoms. The third-order valence-corrected chi connectivity index (χ3v) is 2.33. The number of benzene rings is 1. The Labute approximate surface area is 84.0 Å². The molecule has 3 heteroatoms. The molecule has 3 nitrogen and oxygen atoms in total. The van der Waals surface area contributed by atoms with Crippen molar-refractivity contribution in [2.75, 3.05) is 18.4 Å². The molecule has 0 unspecified atom stereocenters. The standard InChI is InChI=1S/C11H15N3/c12-11-6-9(8-14-11)7-13-10-4-2-1-3-5-10/h1-6,9,13-14H,7-8,12H2/t9-/m0/s1. The third kappa shape index (κ3) is 2.19. The smallest absolute Gasteiger partial charge is 0.0923 e. The third-order valence-electron chi connectivity index (χ3n) is 2.33. The summed E-state index contributed by atoms with van der Waals surface area (Å²) in [6.07, 6.45) is 2.07. The van der Waals surface area contributed by atoms with Gasteiger partial charge in [0, 0.05) is 24.7 Å². The highest BCUT2D eigenvalue weighted by Gasteiger charge is 2.11. The fourth-order valence-electron chi connectivity index (χ4n) is 1.56. The van der Waals surface area contributed by atoms with Gasteiger partial charge in [0.2, 0.25) is 0 Å². The highest BCUT2D eigenvalue weighted by Crippen LogP contribution is 2.10. The molecule has 0 aliphatic carbocycles. The van der Waals surface area contributed by atoms with E-state index in [2.05, 4.69) is 28.8 Å². The molecule has 0 saturated carbocycles. The first-order valence-electron chi connectivity index (χ1n) is 4.84. The van der Waals surface area contributed by atoms with Gasteiger partial charge in [-0.2, -0.15) is 0 Å². The van der Waals surface area contributed by atoms with Gasteiger partial charge in [-0.25, -0.2) is 0 Å². The normalized spacial score (nSPS) is 20.0. The van der Waals surface area contributed by atoms with Crippen LogP contribution >= 0.6 is 0 Å². The molecule has 0 amide bonds. The molecule has 1 aromatic carbocycles. The van der Waals surface area contributed by atoms with Crippen molar-refractivity contribution in [2.24, 2.45) is 11.7 Å². The lowest BCUT2D eigenvalue weighted by Gasteiger charge is -2.09. The van der Waals surface area contributed by atoms with E-state index in [1.54, 1.807) is 0 Å². The average molecular weight is 189 g/mol. The summed E-state index contributed by atoms with van der Waals surface area (Å²) in [5.41, 5.74) is 6.77. The molecule has 4 N–H and O–H groups in total. The minimum absolute atomic E-state index is 0.496. The van der Waals surface area contributed by atoms with Crippen molar-refractivity contribution in [2.45, 2.75) is 0 Å². The first-order valence-corrected chi connectivity index (χ1v) is 4.84. The lowest BCUT2D eigenvalue weighted by atomic mass is 10.1. The maximum Gasteiger partial charge on any atom is 0.0923 e. The van der Waals surface area contributed by atoms with Gasteiger partial charge in [-0.15, -0.1) is 0 Å². The zero-order valence-electron chi connectivity index (χ0n) is 8.03. The second-order valence-electron chi connectivity index (χ2n) is 3.51. The van der Waals surface area contributed by atoms with Crippen LogP contribution < -0.4 is 16.4 Å². The summed E-state index contributed by atoms with van der Waals surface area (Å²) in [6, 6.07) is 10.2. The van der Waals surface area contributed by atoms with Crippen molar-refractivity contribution >= 4 is 5.69 Å². The summed E-state index contributed by atoms with van der Waals surface area (Å²) in [5.74, 6) is 1.29. The zero-order chi connectivity index (χ0) is 9.80. The van der Waals surface area contributed by atoms with Gasteiger partial charge in [-0.05, 0) is 18.2 Å². The van der Waals surface area contributed by atoms with Crippen LogP contribution in [-0.2, 0) is 0 Å². The van der Waals surface area contributed by atoms with E-state index >= 15 is 0 Å². The van der Waals surface area contributed by atoms with Crippen LogP contribution in [0.15, 0.2) is 42.2 Å². The molecule has 74 valence electrons. The van der Waals surface area contributed by atoms with Gasteiger partial charge in [0.25, 0.3) is 0 Å². The minimum atomic E-state index is 0.496. The molecule has 1 heterocycles. The van der Waals surface area contributed by atoms with Crippen molar-refractivity contribution in [3.8, 4) is 0 Å². The Hall–Kier alpha value is -1.64. The highest BCUT2D eigenvalue weighted by molar-refractivity contribution is 5.42. The Morgan fingerprint density at radius 1 is 1.36 bits per heavy atom. The average Bonchev–Trinajstić information content (AvgIpc) is 2.63. The molecule has 0 bridgehead atoms. The molecule has 1 atom stereocenters. The van der Waals surface area contributed by atoms with Crippen LogP contribution in [0.3, 0.4) is 0 Å². The van der Waals surface area contributed by atoms with Gasteiger partial charge in [-0.1, -0.05) is 18.2 Å². The Kier molecular flexibility index (Phi) is 2.58. The van der Waals surface area contributed by atoms with Gasteiger partial charge in [0.1, 0.15) is 0 Å². The van der Waals surface area contributed by atoms with Gasteiger partial charge in [0.15, 0.2) is 0 Å².